The lowest BCUT2D eigenvalue weighted by molar-refractivity contribution is -0.119. The molecule has 27 heavy (non-hydrogen) atoms. The second-order valence-electron chi connectivity index (χ2n) is 6.20. The fraction of sp³-hybridized carbons (Fsp3) is 0.222. The first-order chi connectivity index (χ1) is 13.0. The number of rotatable bonds is 3. The molecule has 1 atom stereocenters. The zero-order valence-corrected chi connectivity index (χ0v) is 15.6. The number of nitrogens with one attached hydrogen (secondary N) is 1. The SMILES string of the molecule is O=C(Nc1ccnc2ccnn12)C1CCCN1C(=O)c1cc(Cl)ccc1Cl. The molecule has 4 rings (SSSR count). The Bertz CT molecular complexity index is 1040. The highest BCUT2D eigenvalue weighted by atomic mass is 35.5. The number of carbonyl (C=O) groups is 2. The van der Waals surface area contributed by atoms with Crippen LogP contribution in [0.3, 0.4) is 0 Å². The van der Waals surface area contributed by atoms with Crippen LogP contribution in [-0.4, -0.2) is 43.9 Å². The molecular weight excluding hydrogens is 389 g/mol. The van der Waals surface area contributed by atoms with Crippen molar-refractivity contribution < 1.29 is 9.59 Å². The standard InChI is InChI=1S/C18H15Cl2N5O2/c19-11-3-4-13(20)12(10-11)18(27)24-9-1-2-14(24)17(26)23-16-5-7-21-15-6-8-22-25(15)16/h3-8,10,14H,1-2,9H2,(H,23,26). The van der Waals surface area contributed by atoms with Gasteiger partial charge in [0.2, 0.25) is 5.91 Å². The predicted octanol–water partition coefficient (Wildman–Crippen LogP) is 3.28. The number of hydrogen-bond acceptors (Lipinski definition) is 4. The van der Waals surface area contributed by atoms with Crippen molar-refractivity contribution in [2.24, 2.45) is 0 Å². The summed E-state index contributed by atoms with van der Waals surface area (Å²) in [7, 11) is 0. The summed E-state index contributed by atoms with van der Waals surface area (Å²) in [5.41, 5.74) is 0.917. The van der Waals surface area contributed by atoms with Crippen molar-refractivity contribution in [2.45, 2.75) is 18.9 Å². The number of fused-ring (bicyclic) bond motifs is 1. The highest BCUT2D eigenvalue weighted by molar-refractivity contribution is 6.35. The lowest BCUT2D eigenvalue weighted by Gasteiger charge is -2.24. The normalized spacial score (nSPS) is 16.7. The van der Waals surface area contributed by atoms with E-state index in [0.29, 0.717) is 40.0 Å². The van der Waals surface area contributed by atoms with Crippen LogP contribution in [0.1, 0.15) is 23.2 Å². The molecule has 9 heteroatoms. The molecule has 1 saturated heterocycles. The minimum absolute atomic E-state index is 0.276. The first-order valence-electron chi connectivity index (χ1n) is 8.40. The van der Waals surface area contributed by atoms with E-state index in [1.54, 1.807) is 36.7 Å². The fourth-order valence-corrected chi connectivity index (χ4v) is 3.61. The van der Waals surface area contributed by atoms with Crippen LogP contribution in [-0.2, 0) is 4.79 Å². The Morgan fingerprint density at radius 1 is 1.15 bits per heavy atom. The van der Waals surface area contributed by atoms with Crippen LogP contribution in [0.25, 0.3) is 5.65 Å². The van der Waals surface area contributed by atoms with E-state index in [9.17, 15) is 9.59 Å². The van der Waals surface area contributed by atoms with Gasteiger partial charge in [-0.15, -0.1) is 0 Å². The maximum atomic E-state index is 12.9. The zero-order chi connectivity index (χ0) is 19.0. The number of carbonyl (C=O) groups excluding carboxylic acids is 2. The van der Waals surface area contributed by atoms with Gasteiger partial charge in [-0.05, 0) is 37.1 Å². The van der Waals surface area contributed by atoms with Crippen LogP contribution in [0, 0.1) is 0 Å². The lowest BCUT2D eigenvalue weighted by Crippen LogP contribution is -2.43. The van der Waals surface area contributed by atoms with Gasteiger partial charge in [-0.25, -0.2) is 4.98 Å². The van der Waals surface area contributed by atoms with Crippen molar-refractivity contribution in [1.82, 2.24) is 19.5 Å². The number of halogens is 2. The van der Waals surface area contributed by atoms with E-state index in [1.807, 2.05) is 0 Å². The number of benzene rings is 1. The number of hydrogen-bond donors (Lipinski definition) is 1. The Morgan fingerprint density at radius 3 is 2.85 bits per heavy atom. The van der Waals surface area contributed by atoms with Gasteiger partial charge in [-0.3, -0.25) is 9.59 Å². The summed E-state index contributed by atoms with van der Waals surface area (Å²) in [4.78, 5) is 31.5. The zero-order valence-electron chi connectivity index (χ0n) is 14.1. The first-order valence-corrected chi connectivity index (χ1v) is 9.16. The van der Waals surface area contributed by atoms with Gasteiger partial charge in [0.1, 0.15) is 11.9 Å². The molecule has 1 fully saturated rings. The first kappa shape index (κ1) is 17.8. The van der Waals surface area contributed by atoms with Crippen LogP contribution in [0.4, 0.5) is 5.82 Å². The lowest BCUT2D eigenvalue weighted by atomic mass is 10.1. The number of likely N-dealkylation sites (tertiary alicyclic amines) is 1. The average Bonchev–Trinajstić information content (AvgIpc) is 3.32. The molecule has 0 radical (unpaired) electrons. The van der Waals surface area contributed by atoms with E-state index in [-0.39, 0.29) is 11.8 Å². The summed E-state index contributed by atoms with van der Waals surface area (Å²) < 4.78 is 1.53. The molecule has 1 unspecified atom stereocenters. The largest absolute Gasteiger partial charge is 0.327 e. The van der Waals surface area contributed by atoms with Crippen LogP contribution in [0.5, 0.6) is 0 Å². The van der Waals surface area contributed by atoms with Gasteiger partial charge in [0.05, 0.1) is 16.8 Å². The van der Waals surface area contributed by atoms with Crippen molar-refractivity contribution in [1.29, 1.82) is 0 Å². The summed E-state index contributed by atoms with van der Waals surface area (Å²) in [5.74, 6) is -0.0869. The van der Waals surface area contributed by atoms with Gasteiger partial charge in [0, 0.05) is 23.8 Å². The highest BCUT2D eigenvalue weighted by Gasteiger charge is 2.35. The number of amides is 2. The second-order valence-corrected chi connectivity index (χ2v) is 7.04. The topological polar surface area (TPSA) is 79.6 Å². The molecule has 1 aliphatic rings. The molecule has 2 aromatic heterocycles. The smallest absolute Gasteiger partial charge is 0.256 e. The predicted molar refractivity (Wildman–Crippen MR) is 102 cm³/mol. The third kappa shape index (κ3) is 3.36. The van der Waals surface area contributed by atoms with Crippen LogP contribution in [0.15, 0.2) is 42.7 Å². The molecule has 2 amide bonds. The Morgan fingerprint density at radius 2 is 2.00 bits per heavy atom. The van der Waals surface area contributed by atoms with Crippen LogP contribution < -0.4 is 5.32 Å². The quantitative estimate of drug-likeness (QED) is 0.727. The molecule has 1 aliphatic heterocycles. The molecule has 0 aliphatic carbocycles. The van der Waals surface area contributed by atoms with Crippen molar-refractivity contribution in [3.63, 3.8) is 0 Å². The van der Waals surface area contributed by atoms with Gasteiger partial charge in [-0.1, -0.05) is 23.2 Å². The van der Waals surface area contributed by atoms with Crippen molar-refractivity contribution in [2.75, 3.05) is 11.9 Å². The van der Waals surface area contributed by atoms with E-state index in [0.717, 1.165) is 6.42 Å². The highest BCUT2D eigenvalue weighted by Crippen LogP contribution is 2.27. The van der Waals surface area contributed by atoms with Crippen molar-refractivity contribution in [3.8, 4) is 0 Å². The number of nitrogens with zero attached hydrogens (tertiary/aromatic N) is 4. The Balaban J connectivity index is 1.57. The molecule has 0 saturated carbocycles. The summed E-state index contributed by atoms with van der Waals surface area (Å²) >= 11 is 12.1. The maximum Gasteiger partial charge on any atom is 0.256 e. The monoisotopic (exact) mass is 403 g/mol. The Kier molecular flexibility index (Phi) is 4.72. The van der Waals surface area contributed by atoms with E-state index in [2.05, 4.69) is 15.4 Å². The minimum Gasteiger partial charge on any atom is -0.327 e. The summed E-state index contributed by atoms with van der Waals surface area (Å²) in [5, 5.41) is 7.72. The van der Waals surface area contributed by atoms with E-state index < -0.39 is 6.04 Å². The molecular formula is C18H15Cl2N5O2. The minimum atomic E-state index is -0.591. The summed E-state index contributed by atoms with van der Waals surface area (Å²) in [6.45, 7) is 0.479. The van der Waals surface area contributed by atoms with Gasteiger partial charge in [0.15, 0.2) is 5.65 Å². The van der Waals surface area contributed by atoms with Gasteiger partial charge in [0.25, 0.3) is 5.91 Å². The van der Waals surface area contributed by atoms with Crippen molar-refractivity contribution >= 4 is 46.5 Å². The molecule has 7 nitrogen and oxygen atoms in total. The molecule has 0 spiro atoms. The van der Waals surface area contributed by atoms with Crippen LogP contribution >= 0.6 is 23.2 Å². The van der Waals surface area contributed by atoms with Crippen molar-refractivity contribution in [3.05, 3.63) is 58.3 Å². The number of aromatic nitrogens is 3. The summed E-state index contributed by atoms with van der Waals surface area (Å²) in [6, 6.07) is 7.53. The Labute approximate surface area is 164 Å². The Hall–Kier alpha value is -2.64. The molecule has 138 valence electrons. The van der Waals surface area contributed by atoms with E-state index in [1.165, 1.54) is 15.5 Å². The molecule has 1 N–H and O–H groups in total. The van der Waals surface area contributed by atoms with Gasteiger partial charge in [-0.2, -0.15) is 9.61 Å². The third-order valence-electron chi connectivity index (χ3n) is 4.52. The average molecular weight is 404 g/mol. The second kappa shape index (κ2) is 7.17. The third-order valence-corrected chi connectivity index (χ3v) is 5.08. The summed E-state index contributed by atoms with van der Waals surface area (Å²) in [6.07, 6.45) is 4.50. The fourth-order valence-electron chi connectivity index (χ4n) is 3.24. The molecule has 3 heterocycles. The number of anilines is 1. The van der Waals surface area contributed by atoms with E-state index >= 15 is 0 Å². The molecule has 0 bridgehead atoms. The van der Waals surface area contributed by atoms with Crippen LogP contribution in [0.2, 0.25) is 10.0 Å². The molecule has 3 aromatic rings. The van der Waals surface area contributed by atoms with E-state index in [4.69, 9.17) is 23.2 Å². The maximum absolute atomic E-state index is 12.9. The molecule has 1 aromatic carbocycles. The van der Waals surface area contributed by atoms with Gasteiger partial charge >= 0.3 is 0 Å². The van der Waals surface area contributed by atoms with Gasteiger partial charge < -0.3 is 10.2 Å².